The lowest BCUT2D eigenvalue weighted by Crippen LogP contribution is -2.43. The van der Waals surface area contributed by atoms with Crippen molar-refractivity contribution in [2.24, 2.45) is 5.73 Å². The summed E-state index contributed by atoms with van der Waals surface area (Å²) in [4.78, 5) is 32.5. The maximum absolute atomic E-state index is 12.7. The Balaban J connectivity index is 1.77. The van der Waals surface area contributed by atoms with Crippen LogP contribution < -0.4 is 11.1 Å². The van der Waals surface area contributed by atoms with E-state index in [1.807, 2.05) is 37.4 Å². The first kappa shape index (κ1) is 21.5. The van der Waals surface area contributed by atoms with Gasteiger partial charge in [-0.05, 0) is 18.1 Å². The second kappa shape index (κ2) is 10.0. The molecule has 3 rings (SSSR count). The van der Waals surface area contributed by atoms with E-state index in [2.05, 4.69) is 15.3 Å². The number of nitrogens with two attached hydrogens (primary N) is 1. The lowest BCUT2D eigenvalue weighted by molar-refractivity contribution is -0.146. The van der Waals surface area contributed by atoms with Crippen molar-refractivity contribution in [2.45, 2.75) is 38.3 Å². The highest BCUT2D eigenvalue weighted by atomic mass is 16.5. The Hall–Kier alpha value is -3.17. The number of benzene rings is 1. The molecule has 9 nitrogen and oxygen atoms in total. The van der Waals surface area contributed by atoms with Gasteiger partial charge in [0.15, 0.2) is 5.69 Å². The highest BCUT2D eigenvalue weighted by Crippen LogP contribution is 2.20. The summed E-state index contributed by atoms with van der Waals surface area (Å²) in [5.41, 5.74) is 7.45. The first-order valence-electron chi connectivity index (χ1n) is 9.87. The van der Waals surface area contributed by atoms with Crippen LogP contribution in [-0.2, 0) is 16.0 Å². The molecule has 1 amide bonds. The van der Waals surface area contributed by atoms with E-state index < -0.39 is 24.0 Å². The van der Waals surface area contributed by atoms with Crippen LogP contribution >= 0.6 is 0 Å². The van der Waals surface area contributed by atoms with Gasteiger partial charge in [0, 0.05) is 23.5 Å². The number of fused-ring (bicyclic) bond motifs is 1. The third-order valence-electron chi connectivity index (χ3n) is 4.70. The number of nitrogens with zero attached hydrogens (tertiary/aromatic N) is 1. The number of esters is 1. The largest absolute Gasteiger partial charge is 0.464 e. The second-order valence-corrected chi connectivity index (χ2v) is 6.97. The van der Waals surface area contributed by atoms with Crippen LogP contribution in [0.2, 0.25) is 0 Å². The molecule has 2 aromatic heterocycles. The molecule has 9 heteroatoms. The minimum Gasteiger partial charge on any atom is -0.464 e. The van der Waals surface area contributed by atoms with Crippen LogP contribution in [0.3, 0.4) is 0 Å². The summed E-state index contributed by atoms with van der Waals surface area (Å²) >= 11 is 0. The summed E-state index contributed by atoms with van der Waals surface area (Å²) in [6.45, 7) is 1.92. The number of aromatic nitrogens is 2. The minimum absolute atomic E-state index is 0.0285. The molecule has 0 radical (unpaired) electrons. The molecule has 2 unspecified atom stereocenters. The molecular formula is C21H26N4O5. The zero-order valence-corrected chi connectivity index (χ0v) is 16.8. The minimum atomic E-state index is -0.903. The Morgan fingerprint density at radius 1 is 1.37 bits per heavy atom. The molecule has 0 saturated heterocycles. The molecule has 0 bridgehead atoms. The Bertz CT molecular complexity index is 996. The predicted octanol–water partition coefficient (Wildman–Crippen LogP) is 1.83. The second-order valence-electron chi connectivity index (χ2n) is 6.97. The van der Waals surface area contributed by atoms with Gasteiger partial charge in [0.1, 0.15) is 18.3 Å². The first-order valence-corrected chi connectivity index (χ1v) is 9.87. The molecule has 0 aliphatic heterocycles. The summed E-state index contributed by atoms with van der Waals surface area (Å²) in [6, 6.07) is 5.98. The molecule has 0 spiro atoms. The molecule has 3 aromatic rings. The van der Waals surface area contributed by atoms with Crippen LogP contribution in [0.1, 0.15) is 47.7 Å². The topological polar surface area (TPSA) is 143 Å². The summed E-state index contributed by atoms with van der Waals surface area (Å²) in [7, 11) is 0. The van der Waals surface area contributed by atoms with E-state index in [-0.39, 0.29) is 31.2 Å². The number of H-pyrrole nitrogens is 1. The summed E-state index contributed by atoms with van der Waals surface area (Å²) in [6.07, 6.45) is 4.84. The van der Waals surface area contributed by atoms with Crippen molar-refractivity contribution < 1.29 is 23.8 Å². The molecule has 0 aliphatic rings. The summed E-state index contributed by atoms with van der Waals surface area (Å²) < 4.78 is 10.5. The monoisotopic (exact) mass is 414 g/mol. The fourth-order valence-corrected chi connectivity index (χ4v) is 3.00. The number of oxazole rings is 1. The average Bonchev–Trinajstić information content (AvgIpc) is 3.40. The van der Waals surface area contributed by atoms with Gasteiger partial charge in [0.25, 0.3) is 5.91 Å². The molecular weight excluding hydrogens is 388 g/mol. The molecule has 1 aromatic carbocycles. The quantitative estimate of drug-likeness (QED) is 0.293. The standard InChI is InChI=1S/C21H26N4O5/c1-2-3-8-29-21(28)17(9-13-10-23-16-7-5-4-6-14(13)16)24-19(27)18-12-30-20(25-18)15(22)11-26/h4-7,10,12,15,17,23,26H,2-3,8-9,11,22H2,1H3,(H,24,27). The summed E-state index contributed by atoms with van der Waals surface area (Å²) in [5, 5.41) is 12.7. The molecule has 30 heavy (non-hydrogen) atoms. The van der Waals surface area contributed by atoms with E-state index in [9.17, 15) is 9.59 Å². The van der Waals surface area contributed by atoms with Gasteiger partial charge in [-0.3, -0.25) is 4.79 Å². The van der Waals surface area contributed by atoms with Crippen molar-refractivity contribution in [2.75, 3.05) is 13.2 Å². The Morgan fingerprint density at radius 2 is 2.17 bits per heavy atom. The highest BCUT2D eigenvalue weighted by Gasteiger charge is 2.26. The number of unbranched alkanes of at least 4 members (excludes halogenated alkanes) is 1. The zero-order chi connectivity index (χ0) is 21.5. The molecule has 5 N–H and O–H groups in total. The average molecular weight is 414 g/mol. The van der Waals surface area contributed by atoms with Crippen molar-refractivity contribution in [1.82, 2.24) is 15.3 Å². The normalized spacial score (nSPS) is 13.2. The number of nitrogens with one attached hydrogen (secondary N) is 2. The van der Waals surface area contributed by atoms with E-state index in [0.29, 0.717) is 0 Å². The third-order valence-corrected chi connectivity index (χ3v) is 4.70. The van der Waals surface area contributed by atoms with E-state index in [0.717, 1.165) is 35.6 Å². The van der Waals surface area contributed by atoms with E-state index in [1.54, 1.807) is 0 Å². The van der Waals surface area contributed by atoms with Gasteiger partial charge < -0.3 is 30.3 Å². The first-order chi connectivity index (χ1) is 14.5. The van der Waals surface area contributed by atoms with Crippen molar-refractivity contribution in [3.8, 4) is 0 Å². The van der Waals surface area contributed by atoms with Gasteiger partial charge in [0.2, 0.25) is 5.89 Å². The van der Waals surface area contributed by atoms with Crippen LogP contribution in [0.15, 0.2) is 41.1 Å². The number of aromatic amines is 1. The molecule has 0 fully saturated rings. The van der Waals surface area contributed by atoms with Crippen LogP contribution in [0.5, 0.6) is 0 Å². The van der Waals surface area contributed by atoms with Gasteiger partial charge in [-0.1, -0.05) is 31.5 Å². The van der Waals surface area contributed by atoms with Gasteiger partial charge in [-0.25, -0.2) is 9.78 Å². The van der Waals surface area contributed by atoms with Crippen molar-refractivity contribution >= 4 is 22.8 Å². The number of ether oxygens (including phenoxy) is 1. The smallest absolute Gasteiger partial charge is 0.328 e. The zero-order valence-electron chi connectivity index (χ0n) is 16.8. The fourth-order valence-electron chi connectivity index (χ4n) is 3.00. The number of rotatable bonds is 10. The van der Waals surface area contributed by atoms with E-state index in [1.165, 1.54) is 0 Å². The Kier molecular flexibility index (Phi) is 7.21. The maximum Gasteiger partial charge on any atom is 0.328 e. The van der Waals surface area contributed by atoms with E-state index in [4.69, 9.17) is 20.0 Å². The van der Waals surface area contributed by atoms with Crippen LogP contribution in [0, 0.1) is 0 Å². The Labute approximate surface area is 173 Å². The number of hydrogen-bond acceptors (Lipinski definition) is 7. The van der Waals surface area contributed by atoms with Crippen molar-refractivity contribution in [3.05, 3.63) is 53.9 Å². The molecule has 160 valence electrons. The summed E-state index contributed by atoms with van der Waals surface area (Å²) in [5.74, 6) is -1.06. The SMILES string of the molecule is CCCCOC(=O)C(Cc1c[nH]c2ccccc12)NC(=O)c1coc(C(N)CO)n1. The van der Waals surface area contributed by atoms with Crippen LogP contribution in [0.4, 0.5) is 0 Å². The molecule has 0 saturated carbocycles. The van der Waals surface area contributed by atoms with Crippen LogP contribution in [-0.4, -0.2) is 46.2 Å². The number of carbonyl (C=O) groups excluding carboxylic acids is 2. The number of aliphatic hydroxyl groups is 1. The van der Waals surface area contributed by atoms with Gasteiger partial charge >= 0.3 is 5.97 Å². The number of aliphatic hydroxyl groups excluding tert-OH is 1. The maximum atomic E-state index is 12.7. The number of amides is 1. The third kappa shape index (κ3) is 5.05. The number of carbonyl (C=O) groups is 2. The van der Waals surface area contributed by atoms with Crippen LogP contribution in [0.25, 0.3) is 10.9 Å². The molecule has 2 atom stereocenters. The van der Waals surface area contributed by atoms with Gasteiger partial charge in [-0.15, -0.1) is 0 Å². The number of para-hydroxylation sites is 1. The lowest BCUT2D eigenvalue weighted by Gasteiger charge is -2.17. The highest BCUT2D eigenvalue weighted by molar-refractivity contribution is 5.95. The van der Waals surface area contributed by atoms with E-state index >= 15 is 0 Å². The van der Waals surface area contributed by atoms with Crippen molar-refractivity contribution in [1.29, 1.82) is 0 Å². The predicted molar refractivity (Wildman–Crippen MR) is 110 cm³/mol. The number of hydrogen-bond donors (Lipinski definition) is 4. The fraction of sp³-hybridized carbons (Fsp3) is 0.381. The van der Waals surface area contributed by atoms with Gasteiger partial charge in [0.05, 0.1) is 13.2 Å². The lowest BCUT2D eigenvalue weighted by atomic mass is 10.0. The van der Waals surface area contributed by atoms with Gasteiger partial charge in [-0.2, -0.15) is 0 Å². The molecule has 0 aliphatic carbocycles. The Morgan fingerprint density at radius 3 is 2.93 bits per heavy atom. The van der Waals surface area contributed by atoms with Crippen molar-refractivity contribution in [3.63, 3.8) is 0 Å². The molecule has 2 heterocycles.